The number of hydrogen-bond donors (Lipinski definition) is 9. The molecule has 0 bridgehead atoms. The van der Waals surface area contributed by atoms with E-state index in [-0.39, 0.29) is 13.2 Å². The van der Waals surface area contributed by atoms with Crippen molar-refractivity contribution in [3.05, 3.63) is 0 Å². The van der Waals surface area contributed by atoms with Crippen molar-refractivity contribution in [1.29, 1.82) is 0 Å². The van der Waals surface area contributed by atoms with E-state index < -0.39 is 111 Å². The number of carboxylic acid groups (broad SMARTS) is 1. The maximum Gasteiger partial charge on any atom is 0.407 e. The van der Waals surface area contributed by atoms with Crippen molar-refractivity contribution >= 4 is 18.0 Å². The Morgan fingerprint density at radius 2 is 1.72 bits per heavy atom. The molecule has 43 heavy (non-hydrogen) atoms. The van der Waals surface area contributed by atoms with Gasteiger partial charge in [-0.15, -0.1) is 0 Å². The van der Waals surface area contributed by atoms with Gasteiger partial charge in [0.1, 0.15) is 43.7 Å². The van der Waals surface area contributed by atoms with Gasteiger partial charge in [0.05, 0.1) is 57.4 Å². The Morgan fingerprint density at radius 3 is 2.35 bits per heavy atom. The number of aliphatic carboxylic acids is 1. The van der Waals surface area contributed by atoms with E-state index in [0.717, 1.165) is 0 Å². The monoisotopic (exact) mass is 628 g/mol. The molecule has 2 saturated heterocycles. The SMILES string of the molecule is COCCOCCOC(=O)NCC(=O)N[C@H]1C([C@H](O)[C@H](O)CO)O[C@@](OCC2O[C@H](C)C(C)[C@@H](O)[C@H]2O)(C(=O)O)C[C@H]1O. The summed E-state index contributed by atoms with van der Waals surface area (Å²) >= 11 is 0. The van der Waals surface area contributed by atoms with Crippen LogP contribution in [-0.4, -0.2) is 168 Å². The molecular formula is C25H44N2O16. The largest absolute Gasteiger partial charge is 0.477 e. The number of carboxylic acids is 1. The number of aliphatic hydroxyl groups is 6. The van der Waals surface area contributed by atoms with Crippen molar-refractivity contribution in [1.82, 2.24) is 10.6 Å². The van der Waals surface area contributed by atoms with E-state index in [1.54, 1.807) is 13.8 Å². The molecule has 250 valence electrons. The molecule has 2 aliphatic heterocycles. The van der Waals surface area contributed by atoms with Gasteiger partial charge < -0.3 is 74.8 Å². The lowest BCUT2D eigenvalue weighted by Crippen LogP contribution is -2.68. The van der Waals surface area contributed by atoms with E-state index in [9.17, 15) is 50.1 Å². The molecule has 2 aliphatic rings. The number of carbonyl (C=O) groups excluding carboxylic acids is 2. The number of amides is 2. The molecule has 0 radical (unpaired) electrons. The van der Waals surface area contributed by atoms with Gasteiger partial charge in [-0.2, -0.15) is 0 Å². The highest BCUT2D eigenvalue weighted by atomic mass is 16.7. The third kappa shape index (κ3) is 10.1. The lowest BCUT2D eigenvalue weighted by Gasteiger charge is -2.47. The summed E-state index contributed by atoms with van der Waals surface area (Å²) in [5.41, 5.74) is 0. The molecular weight excluding hydrogens is 584 g/mol. The quantitative estimate of drug-likeness (QED) is 0.0731. The highest BCUT2D eigenvalue weighted by Crippen LogP contribution is 2.35. The number of methoxy groups -OCH3 is 1. The van der Waals surface area contributed by atoms with Gasteiger partial charge in [0.2, 0.25) is 5.91 Å². The summed E-state index contributed by atoms with van der Waals surface area (Å²) < 4.78 is 31.5. The second-order valence-electron chi connectivity index (χ2n) is 10.4. The van der Waals surface area contributed by atoms with E-state index in [1.807, 2.05) is 0 Å². The van der Waals surface area contributed by atoms with Crippen LogP contribution in [0.3, 0.4) is 0 Å². The molecule has 0 aliphatic carbocycles. The number of rotatable bonds is 16. The van der Waals surface area contributed by atoms with Gasteiger partial charge in [-0.05, 0) is 6.92 Å². The van der Waals surface area contributed by atoms with E-state index >= 15 is 0 Å². The summed E-state index contributed by atoms with van der Waals surface area (Å²) in [6.07, 6.45) is -13.7. The van der Waals surface area contributed by atoms with Gasteiger partial charge in [-0.25, -0.2) is 9.59 Å². The highest BCUT2D eigenvalue weighted by Gasteiger charge is 2.56. The summed E-state index contributed by atoms with van der Waals surface area (Å²) in [5.74, 6) is -5.77. The van der Waals surface area contributed by atoms with Crippen LogP contribution >= 0.6 is 0 Å². The van der Waals surface area contributed by atoms with Crippen molar-refractivity contribution in [2.24, 2.45) is 5.92 Å². The van der Waals surface area contributed by atoms with Crippen LogP contribution in [0.5, 0.6) is 0 Å². The Hall–Kier alpha value is -2.23. The maximum absolute atomic E-state index is 12.6. The van der Waals surface area contributed by atoms with Crippen LogP contribution in [0.2, 0.25) is 0 Å². The Balaban J connectivity index is 2.08. The van der Waals surface area contributed by atoms with E-state index in [4.69, 9.17) is 28.4 Å². The standard InChI is InChI=1S/C25H44N2O16/c1-12-13(2)42-16(21(34)19(12)32)11-41-25(23(35)36)8-14(29)18(22(43-25)20(33)15(30)10-28)27-17(31)9-26-24(37)40-7-6-39-5-4-38-3/h12-16,18-22,28-30,32-34H,4-11H2,1-3H3,(H,26,37)(H,27,31)(H,35,36)/t12?,13-,14-,15-,16?,18-,19-,20-,21+,22?,25-/m1/s1. The van der Waals surface area contributed by atoms with Gasteiger partial charge in [0, 0.05) is 19.4 Å². The van der Waals surface area contributed by atoms with Crippen molar-refractivity contribution in [2.75, 3.05) is 53.3 Å². The molecule has 0 spiro atoms. The number of hydrogen-bond acceptors (Lipinski definition) is 15. The average molecular weight is 629 g/mol. The fourth-order valence-electron chi connectivity index (χ4n) is 4.56. The van der Waals surface area contributed by atoms with Crippen molar-refractivity contribution in [3.8, 4) is 0 Å². The van der Waals surface area contributed by atoms with Crippen LogP contribution in [0.15, 0.2) is 0 Å². The van der Waals surface area contributed by atoms with Crippen LogP contribution in [0, 0.1) is 5.92 Å². The minimum atomic E-state index is -2.67. The van der Waals surface area contributed by atoms with E-state index in [1.165, 1.54) is 7.11 Å². The molecule has 9 N–H and O–H groups in total. The second-order valence-corrected chi connectivity index (χ2v) is 10.4. The number of alkyl carbamates (subject to hydrolysis) is 1. The number of nitrogens with one attached hydrogen (secondary N) is 2. The predicted octanol–water partition coefficient (Wildman–Crippen LogP) is -4.33. The van der Waals surface area contributed by atoms with Crippen LogP contribution in [0.1, 0.15) is 20.3 Å². The fraction of sp³-hybridized carbons (Fsp3) is 0.880. The molecule has 18 nitrogen and oxygen atoms in total. The highest BCUT2D eigenvalue weighted by molar-refractivity contribution is 5.82. The normalized spacial score (nSPS) is 34.2. The molecule has 11 atom stereocenters. The topological polar surface area (TPSA) is 272 Å². The maximum atomic E-state index is 12.6. The number of ether oxygens (including phenoxy) is 6. The van der Waals surface area contributed by atoms with Gasteiger partial charge in [0.15, 0.2) is 0 Å². The Labute approximate surface area is 247 Å². The smallest absolute Gasteiger partial charge is 0.407 e. The van der Waals surface area contributed by atoms with Crippen molar-refractivity contribution in [2.45, 2.75) is 80.9 Å². The van der Waals surface area contributed by atoms with Gasteiger partial charge in [-0.3, -0.25) is 4.79 Å². The molecule has 0 aromatic rings. The van der Waals surface area contributed by atoms with Crippen molar-refractivity contribution < 1.29 is 78.6 Å². The number of aliphatic hydroxyl groups excluding tert-OH is 6. The lowest BCUT2D eigenvalue weighted by molar-refractivity contribution is -0.322. The summed E-state index contributed by atoms with van der Waals surface area (Å²) in [7, 11) is 1.50. The molecule has 2 amide bonds. The van der Waals surface area contributed by atoms with Crippen LogP contribution < -0.4 is 10.6 Å². The summed E-state index contributed by atoms with van der Waals surface area (Å²) in [4.78, 5) is 36.8. The summed E-state index contributed by atoms with van der Waals surface area (Å²) in [6, 6.07) is -1.55. The Morgan fingerprint density at radius 1 is 1.05 bits per heavy atom. The summed E-state index contributed by atoms with van der Waals surface area (Å²) in [6.45, 7) is 1.64. The molecule has 18 heteroatoms. The molecule has 0 aromatic heterocycles. The molecule has 2 fully saturated rings. The van der Waals surface area contributed by atoms with Crippen LogP contribution in [0.25, 0.3) is 0 Å². The Kier molecular flexibility index (Phi) is 14.9. The molecule has 0 saturated carbocycles. The second kappa shape index (κ2) is 17.3. The summed E-state index contributed by atoms with van der Waals surface area (Å²) in [5, 5.41) is 76.2. The zero-order valence-corrected chi connectivity index (χ0v) is 24.2. The first-order valence-corrected chi connectivity index (χ1v) is 13.8. The average Bonchev–Trinajstić information content (AvgIpc) is 2.98. The van der Waals surface area contributed by atoms with Crippen molar-refractivity contribution in [3.63, 3.8) is 0 Å². The van der Waals surface area contributed by atoms with E-state index in [2.05, 4.69) is 10.6 Å². The molecule has 0 aromatic carbocycles. The fourth-order valence-corrected chi connectivity index (χ4v) is 4.56. The van der Waals surface area contributed by atoms with Gasteiger partial charge in [0.25, 0.3) is 5.79 Å². The molecule has 2 rings (SSSR count). The first kappa shape index (κ1) is 37.0. The zero-order chi connectivity index (χ0) is 32.3. The molecule has 3 unspecified atom stereocenters. The minimum absolute atomic E-state index is 0.0826. The minimum Gasteiger partial charge on any atom is -0.477 e. The Bertz CT molecular complexity index is 897. The number of carbonyl (C=O) groups is 3. The lowest BCUT2D eigenvalue weighted by atomic mass is 9.88. The third-order valence-corrected chi connectivity index (χ3v) is 7.31. The third-order valence-electron chi connectivity index (χ3n) is 7.31. The van der Waals surface area contributed by atoms with Gasteiger partial charge >= 0.3 is 12.1 Å². The molecule has 2 heterocycles. The zero-order valence-electron chi connectivity index (χ0n) is 24.2. The van der Waals surface area contributed by atoms with Gasteiger partial charge in [-0.1, -0.05) is 6.92 Å². The first-order valence-electron chi connectivity index (χ1n) is 13.8. The first-order chi connectivity index (χ1) is 20.3. The predicted molar refractivity (Wildman–Crippen MR) is 140 cm³/mol. The van der Waals surface area contributed by atoms with Crippen LogP contribution in [-0.2, 0) is 38.0 Å². The van der Waals surface area contributed by atoms with E-state index in [0.29, 0.717) is 13.2 Å². The van der Waals surface area contributed by atoms with Crippen LogP contribution in [0.4, 0.5) is 4.79 Å².